The number of H-pyrrole nitrogens is 1. The van der Waals surface area contributed by atoms with Crippen molar-refractivity contribution in [2.45, 2.75) is 57.5 Å². The van der Waals surface area contributed by atoms with Crippen molar-refractivity contribution in [3.8, 4) is 0 Å². The van der Waals surface area contributed by atoms with Crippen LogP contribution < -0.4 is 5.32 Å². The number of piperidine rings is 2. The second kappa shape index (κ2) is 9.18. The van der Waals surface area contributed by atoms with Gasteiger partial charge in [0.05, 0.1) is 0 Å². The molecule has 2 fully saturated rings. The summed E-state index contributed by atoms with van der Waals surface area (Å²) in [6, 6.07) is 13.4. The summed E-state index contributed by atoms with van der Waals surface area (Å²) in [5, 5.41) is 3.46. The number of aromatic nitrogens is 1. The molecule has 0 spiro atoms. The van der Waals surface area contributed by atoms with Crippen molar-refractivity contribution in [2.75, 3.05) is 13.1 Å². The number of amides is 4. The van der Waals surface area contributed by atoms with Gasteiger partial charge in [0.15, 0.2) is 0 Å². The van der Waals surface area contributed by atoms with E-state index in [1.54, 1.807) is 4.90 Å². The van der Waals surface area contributed by atoms with Gasteiger partial charge in [0, 0.05) is 42.5 Å². The number of para-hydroxylation sites is 1. The lowest BCUT2D eigenvalue weighted by atomic mass is 9.87. The van der Waals surface area contributed by atoms with Crippen molar-refractivity contribution in [1.82, 2.24) is 20.1 Å². The van der Waals surface area contributed by atoms with E-state index in [0.717, 1.165) is 41.3 Å². The quantitative estimate of drug-likeness (QED) is 0.538. The first-order chi connectivity index (χ1) is 17.9. The summed E-state index contributed by atoms with van der Waals surface area (Å²) >= 11 is 0. The Hall–Kier alpha value is -3.94. The highest BCUT2D eigenvalue weighted by atomic mass is 16.2. The minimum atomic E-state index is -0.604. The summed E-state index contributed by atoms with van der Waals surface area (Å²) in [5.41, 5.74) is 5.50. The van der Waals surface area contributed by atoms with Gasteiger partial charge in [-0.05, 0) is 60.4 Å². The Morgan fingerprint density at radius 1 is 1.03 bits per heavy atom. The van der Waals surface area contributed by atoms with E-state index in [1.807, 2.05) is 35.2 Å². The zero-order valence-corrected chi connectivity index (χ0v) is 20.9. The van der Waals surface area contributed by atoms with Gasteiger partial charge < -0.3 is 14.8 Å². The van der Waals surface area contributed by atoms with E-state index in [1.165, 1.54) is 5.56 Å². The number of likely N-dealkylation sites (tertiary alicyclic amines) is 1. The van der Waals surface area contributed by atoms with Crippen LogP contribution in [-0.4, -0.2) is 57.5 Å². The third-order valence-electron chi connectivity index (χ3n) is 8.18. The molecule has 2 aromatic carbocycles. The second-order valence-corrected chi connectivity index (χ2v) is 10.3. The Morgan fingerprint density at radius 3 is 2.57 bits per heavy atom. The maximum atomic E-state index is 13.4. The molecule has 8 nitrogen and oxygen atoms in total. The SMILES string of the molecule is CCc1c(C(=O)N2CCC(c3ccc4c(c3)CN(C3CCC(=O)NC3=O)C4=O)CC2)[nH]c2ccccc12. The number of aromatic amines is 1. The van der Waals surface area contributed by atoms with E-state index in [9.17, 15) is 19.2 Å². The highest BCUT2D eigenvalue weighted by Gasteiger charge is 2.39. The smallest absolute Gasteiger partial charge is 0.270 e. The normalized spacial score (nSPS) is 20.5. The molecule has 0 radical (unpaired) electrons. The van der Waals surface area contributed by atoms with E-state index in [2.05, 4.69) is 29.4 Å². The number of hydrogen-bond donors (Lipinski definition) is 2. The summed E-state index contributed by atoms with van der Waals surface area (Å²) in [6.07, 6.45) is 3.12. The largest absolute Gasteiger partial charge is 0.350 e. The number of nitrogens with zero attached hydrogens (tertiary/aromatic N) is 2. The number of fused-ring (bicyclic) bond motifs is 2. The molecule has 1 aromatic heterocycles. The molecule has 4 heterocycles. The number of benzene rings is 2. The molecule has 3 aliphatic rings. The monoisotopic (exact) mass is 498 g/mol. The maximum Gasteiger partial charge on any atom is 0.270 e. The molecule has 2 saturated heterocycles. The highest BCUT2D eigenvalue weighted by Crippen LogP contribution is 2.34. The lowest BCUT2D eigenvalue weighted by Gasteiger charge is -2.32. The fraction of sp³-hybridized carbons (Fsp3) is 0.379. The van der Waals surface area contributed by atoms with Gasteiger partial charge in [-0.1, -0.05) is 37.3 Å². The van der Waals surface area contributed by atoms with E-state index >= 15 is 0 Å². The molecule has 8 heteroatoms. The van der Waals surface area contributed by atoms with Crippen LogP contribution in [0.1, 0.15) is 76.1 Å². The fourth-order valence-electron chi connectivity index (χ4n) is 6.17. The van der Waals surface area contributed by atoms with Crippen molar-refractivity contribution in [3.63, 3.8) is 0 Å². The molecule has 37 heavy (non-hydrogen) atoms. The standard InChI is InChI=1S/C29H30N4O4/c1-2-20-22-5-3-4-6-23(22)30-26(20)29(37)32-13-11-17(12-14-32)18-7-8-21-19(15-18)16-33(28(21)36)24-9-10-25(34)31-27(24)35/h3-8,15,17,24,30H,2,9-14,16H2,1H3,(H,31,34,35). The van der Waals surface area contributed by atoms with Crippen LogP contribution in [-0.2, 0) is 22.6 Å². The van der Waals surface area contributed by atoms with Crippen molar-refractivity contribution >= 4 is 34.5 Å². The van der Waals surface area contributed by atoms with Gasteiger partial charge >= 0.3 is 0 Å². The third-order valence-corrected chi connectivity index (χ3v) is 8.18. The number of carbonyl (C=O) groups is 4. The number of imide groups is 1. The molecular weight excluding hydrogens is 468 g/mol. The fourth-order valence-corrected chi connectivity index (χ4v) is 6.17. The molecule has 0 saturated carbocycles. The predicted molar refractivity (Wildman–Crippen MR) is 138 cm³/mol. The lowest BCUT2D eigenvalue weighted by molar-refractivity contribution is -0.136. The average molecular weight is 499 g/mol. The third kappa shape index (κ3) is 4.00. The second-order valence-electron chi connectivity index (χ2n) is 10.3. The van der Waals surface area contributed by atoms with Crippen LogP contribution in [0.4, 0.5) is 0 Å². The van der Waals surface area contributed by atoms with E-state index < -0.39 is 11.9 Å². The summed E-state index contributed by atoms with van der Waals surface area (Å²) in [4.78, 5) is 57.1. The predicted octanol–water partition coefficient (Wildman–Crippen LogP) is 3.51. The summed E-state index contributed by atoms with van der Waals surface area (Å²) in [5.74, 6) is -0.459. The van der Waals surface area contributed by atoms with Crippen molar-refractivity contribution in [1.29, 1.82) is 0 Å². The van der Waals surface area contributed by atoms with E-state index in [0.29, 0.717) is 43.2 Å². The first-order valence-corrected chi connectivity index (χ1v) is 13.1. The van der Waals surface area contributed by atoms with Crippen LogP contribution >= 0.6 is 0 Å². The molecule has 2 N–H and O–H groups in total. The molecule has 1 unspecified atom stereocenters. The van der Waals surface area contributed by atoms with E-state index in [4.69, 9.17) is 0 Å². The highest BCUT2D eigenvalue weighted by molar-refractivity contribution is 6.05. The number of nitrogens with one attached hydrogen (secondary N) is 2. The average Bonchev–Trinajstić information content (AvgIpc) is 3.45. The van der Waals surface area contributed by atoms with E-state index in [-0.39, 0.29) is 24.1 Å². The van der Waals surface area contributed by atoms with Crippen LogP contribution in [0.5, 0.6) is 0 Å². The topological polar surface area (TPSA) is 103 Å². The maximum absolute atomic E-state index is 13.4. The minimum absolute atomic E-state index is 0.0610. The summed E-state index contributed by atoms with van der Waals surface area (Å²) < 4.78 is 0. The zero-order valence-electron chi connectivity index (χ0n) is 20.9. The van der Waals surface area contributed by atoms with Gasteiger partial charge in [-0.25, -0.2) is 0 Å². The van der Waals surface area contributed by atoms with Crippen molar-refractivity contribution in [2.24, 2.45) is 0 Å². The Bertz CT molecular complexity index is 1430. The Morgan fingerprint density at radius 2 is 1.81 bits per heavy atom. The van der Waals surface area contributed by atoms with Crippen LogP contribution in [0.2, 0.25) is 0 Å². The molecule has 0 aliphatic carbocycles. The van der Waals surface area contributed by atoms with Crippen LogP contribution in [0.15, 0.2) is 42.5 Å². The van der Waals surface area contributed by atoms with Crippen LogP contribution in [0.3, 0.4) is 0 Å². The molecule has 6 rings (SSSR count). The van der Waals surface area contributed by atoms with Crippen LogP contribution in [0.25, 0.3) is 10.9 Å². The first kappa shape index (κ1) is 23.5. The number of aryl methyl sites for hydroxylation is 1. The molecule has 4 amide bonds. The molecule has 3 aromatic rings. The van der Waals surface area contributed by atoms with Gasteiger partial charge in [0.2, 0.25) is 11.8 Å². The van der Waals surface area contributed by atoms with Gasteiger partial charge in [-0.3, -0.25) is 24.5 Å². The summed E-state index contributed by atoms with van der Waals surface area (Å²) in [7, 11) is 0. The molecule has 3 aliphatic heterocycles. The van der Waals surface area contributed by atoms with Crippen molar-refractivity contribution in [3.05, 3.63) is 70.4 Å². The molecule has 0 bridgehead atoms. The van der Waals surface area contributed by atoms with Gasteiger partial charge in [-0.15, -0.1) is 0 Å². The minimum Gasteiger partial charge on any atom is -0.350 e. The first-order valence-electron chi connectivity index (χ1n) is 13.1. The number of rotatable bonds is 4. The van der Waals surface area contributed by atoms with Gasteiger partial charge in [0.1, 0.15) is 11.7 Å². The zero-order chi connectivity index (χ0) is 25.7. The Labute approximate surface area is 215 Å². The Balaban J connectivity index is 1.14. The molecular formula is C29H30N4O4. The van der Waals surface area contributed by atoms with Gasteiger partial charge in [-0.2, -0.15) is 0 Å². The number of carbonyl (C=O) groups excluding carboxylic acids is 4. The summed E-state index contributed by atoms with van der Waals surface area (Å²) in [6.45, 7) is 3.82. The van der Waals surface area contributed by atoms with Gasteiger partial charge in [0.25, 0.3) is 11.8 Å². The lowest BCUT2D eigenvalue weighted by Crippen LogP contribution is -2.52. The number of hydrogen-bond acceptors (Lipinski definition) is 4. The Kier molecular flexibility index (Phi) is 5.82. The van der Waals surface area contributed by atoms with Crippen LogP contribution in [0, 0.1) is 0 Å². The molecule has 1 atom stereocenters. The molecule has 190 valence electrons. The van der Waals surface area contributed by atoms with Crippen molar-refractivity contribution < 1.29 is 19.2 Å².